The molecule has 1 aliphatic heterocycles. The van der Waals surface area contributed by atoms with Crippen LogP contribution in [-0.4, -0.2) is 50.8 Å². The van der Waals surface area contributed by atoms with Gasteiger partial charge in [0.25, 0.3) is 0 Å². The fraction of sp³-hybridized carbons (Fsp3) is 0.304. The molecule has 2 heterocycles. The highest BCUT2D eigenvalue weighted by molar-refractivity contribution is 7.89. The van der Waals surface area contributed by atoms with Crippen LogP contribution in [0.25, 0.3) is 10.8 Å². The third-order valence-electron chi connectivity index (χ3n) is 5.65. The van der Waals surface area contributed by atoms with Gasteiger partial charge in [-0.15, -0.1) is 0 Å². The number of rotatable bonds is 5. The quantitative estimate of drug-likeness (QED) is 0.661. The van der Waals surface area contributed by atoms with Crippen molar-refractivity contribution < 1.29 is 13.2 Å². The fourth-order valence-corrected chi connectivity index (χ4v) is 5.43. The maximum atomic E-state index is 13.1. The first-order valence-electron chi connectivity index (χ1n) is 10.3. The lowest BCUT2D eigenvalue weighted by molar-refractivity contribution is -0.120. The van der Waals surface area contributed by atoms with Gasteiger partial charge in [-0.2, -0.15) is 4.31 Å². The van der Waals surface area contributed by atoms with Gasteiger partial charge in [-0.25, -0.2) is 13.4 Å². The second kappa shape index (κ2) is 8.64. The standard InChI is InChI=1S/C23H26N4O3S/c1-26(2)22-21(8-5-13-24-22)25-23(28)18-11-14-27(15-12-18)31(29,30)20-10-9-17-6-3-4-7-19(17)16-20/h3-10,13,16,18H,11-12,14-15H2,1-2H3,(H,25,28). The van der Waals surface area contributed by atoms with E-state index < -0.39 is 10.0 Å². The van der Waals surface area contributed by atoms with E-state index in [4.69, 9.17) is 0 Å². The summed E-state index contributed by atoms with van der Waals surface area (Å²) < 4.78 is 27.7. The molecule has 1 fully saturated rings. The molecule has 1 saturated heterocycles. The van der Waals surface area contributed by atoms with Crippen LogP contribution in [0, 0.1) is 5.92 Å². The number of piperidine rings is 1. The third kappa shape index (κ3) is 4.40. The van der Waals surface area contributed by atoms with Gasteiger partial charge < -0.3 is 10.2 Å². The van der Waals surface area contributed by atoms with Crippen LogP contribution in [0.5, 0.6) is 0 Å². The Bertz CT molecular complexity index is 1200. The van der Waals surface area contributed by atoms with Crippen molar-refractivity contribution in [2.24, 2.45) is 5.92 Å². The van der Waals surface area contributed by atoms with E-state index in [1.54, 1.807) is 24.4 Å². The van der Waals surface area contributed by atoms with Gasteiger partial charge in [0.05, 0.1) is 10.6 Å². The molecule has 0 atom stereocenters. The minimum Gasteiger partial charge on any atom is -0.361 e. The van der Waals surface area contributed by atoms with Crippen LogP contribution in [-0.2, 0) is 14.8 Å². The Morgan fingerprint density at radius 1 is 1.03 bits per heavy atom. The second-order valence-corrected chi connectivity index (χ2v) is 9.88. The lowest BCUT2D eigenvalue weighted by atomic mass is 9.97. The highest BCUT2D eigenvalue weighted by atomic mass is 32.2. The van der Waals surface area contributed by atoms with E-state index in [0.717, 1.165) is 10.8 Å². The van der Waals surface area contributed by atoms with Crippen LogP contribution >= 0.6 is 0 Å². The molecule has 0 radical (unpaired) electrons. The minimum absolute atomic E-state index is 0.0983. The van der Waals surface area contributed by atoms with Crippen LogP contribution < -0.4 is 10.2 Å². The smallest absolute Gasteiger partial charge is 0.243 e. The number of nitrogens with one attached hydrogen (secondary N) is 1. The summed E-state index contributed by atoms with van der Waals surface area (Å²) in [5, 5.41) is 4.85. The Kier molecular flexibility index (Phi) is 5.93. The molecule has 0 aliphatic carbocycles. The van der Waals surface area contributed by atoms with Gasteiger partial charge in [0.1, 0.15) is 0 Å². The first kappa shape index (κ1) is 21.3. The molecule has 8 heteroatoms. The van der Waals surface area contributed by atoms with Gasteiger partial charge in [0, 0.05) is 39.3 Å². The Labute approximate surface area is 182 Å². The van der Waals surface area contributed by atoms with E-state index in [1.807, 2.05) is 55.4 Å². The molecule has 1 amide bonds. The molecule has 0 spiro atoms. The molecule has 3 aromatic rings. The van der Waals surface area contributed by atoms with Crippen molar-refractivity contribution in [1.29, 1.82) is 0 Å². The van der Waals surface area contributed by atoms with Gasteiger partial charge in [-0.1, -0.05) is 30.3 Å². The summed E-state index contributed by atoms with van der Waals surface area (Å²) in [5.41, 5.74) is 0.656. The van der Waals surface area contributed by atoms with Crippen molar-refractivity contribution in [3.8, 4) is 0 Å². The van der Waals surface area contributed by atoms with Gasteiger partial charge in [-0.05, 0) is 47.9 Å². The second-order valence-electron chi connectivity index (χ2n) is 7.95. The number of pyridine rings is 1. The minimum atomic E-state index is -3.59. The maximum absolute atomic E-state index is 13.1. The van der Waals surface area contributed by atoms with E-state index in [9.17, 15) is 13.2 Å². The van der Waals surface area contributed by atoms with Crippen LogP contribution in [0.15, 0.2) is 65.7 Å². The molecule has 7 nitrogen and oxygen atoms in total. The van der Waals surface area contributed by atoms with Crippen molar-refractivity contribution in [2.45, 2.75) is 17.7 Å². The summed E-state index contributed by atoms with van der Waals surface area (Å²) in [6.45, 7) is 0.641. The molecule has 162 valence electrons. The normalized spacial score (nSPS) is 15.7. The van der Waals surface area contributed by atoms with Crippen molar-refractivity contribution in [3.05, 3.63) is 60.8 Å². The van der Waals surface area contributed by atoms with Crippen LogP contribution in [0.1, 0.15) is 12.8 Å². The zero-order valence-corrected chi connectivity index (χ0v) is 18.5. The lowest BCUT2D eigenvalue weighted by Crippen LogP contribution is -2.41. The number of hydrogen-bond acceptors (Lipinski definition) is 5. The van der Waals surface area contributed by atoms with E-state index in [1.165, 1.54) is 4.31 Å². The molecule has 2 aromatic carbocycles. The Morgan fingerprint density at radius 2 is 1.74 bits per heavy atom. The highest BCUT2D eigenvalue weighted by Crippen LogP contribution is 2.28. The number of hydrogen-bond donors (Lipinski definition) is 1. The van der Waals surface area contributed by atoms with Crippen molar-refractivity contribution in [3.63, 3.8) is 0 Å². The van der Waals surface area contributed by atoms with Crippen molar-refractivity contribution >= 4 is 38.2 Å². The molecule has 1 aromatic heterocycles. The number of carbonyl (C=O) groups excluding carboxylic acids is 1. The summed E-state index contributed by atoms with van der Waals surface area (Å²) in [4.78, 5) is 19.2. The van der Waals surface area contributed by atoms with E-state index in [2.05, 4.69) is 10.3 Å². The molecule has 31 heavy (non-hydrogen) atoms. The Morgan fingerprint density at radius 3 is 2.45 bits per heavy atom. The summed E-state index contributed by atoms with van der Waals surface area (Å²) in [6.07, 6.45) is 2.65. The van der Waals surface area contributed by atoms with Crippen molar-refractivity contribution in [2.75, 3.05) is 37.4 Å². The summed E-state index contributed by atoms with van der Waals surface area (Å²) in [6, 6.07) is 16.5. The lowest BCUT2D eigenvalue weighted by Gasteiger charge is -2.30. The summed E-state index contributed by atoms with van der Waals surface area (Å²) in [7, 11) is 0.144. The van der Waals surface area contributed by atoms with Crippen LogP contribution in [0.3, 0.4) is 0 Å². The molecular weight excluding hydrogens is 412 g/mol. The van der Waals surface area contributed by atoms with Gasteiger partial charge in [0.15, 0.2) is 5.82 Å². The number of benzene rings is 2. The molecule has 1 N–H and O–H groups in total. The number of anilines is 2. The number of fused-ring (bicyclic) bond motifs is 1. The van der Waals surface area contributed by atoms with Crippen LogP contribution in [0.2, 0.25) is 0 Å². The highest BCUT2D eigenvalue weighted by Gasteiger charge is 2.32. The Balaban J connectivity index is 1.43. The topological polar surface area (TPSA) is 82.6 Å². The van der Waals surface area contributed by atoms with Crippen molar-refractivity contribution in [1.82, 2.24) is 9.29 Å². The van der Waals surface area contributed by atoms with Gasteiger partial charge in [-0.3, -0.25) is 4.79 Å². The van der Waals surface area contributed by atoms with Crippen LogP contribution in [0.4, 0.5) is 11.5 Å². The summed E-state index contributed by atoms with van der Waals surface area (Å²) >= 11 is 0. The number of carbonyl (C=O) groups is 1. The largest absolute Gasteiger partial charge is 0.361 e. The molecule has 0 bridgehead atoms. The zero-order chi connectivity index (χ0) is 22.0. The Hall–Kier alpha value is -2.97. The molecule has 0 unspecified atom stereocenters. The average molecular weight is 439 g/mol. The monoisotopic (exact) mass is 438 g/mol. The molecule has 0 saturated carbocycles. The number of nitrogens with zero attached hydrogens (tertiary/aromatic N) is 3. The molecule has 1 aliphatic rings. The SMILES string of the molecule is CN(C)c1ncccc1NC(=O)C1CCN(S(=O)(=O)c2ccc3ccccc3c2)CC1. The number of amides is 1. The predicted octanol–water partition coefficient (Wildman–Crippen LogP) is 3.34. The van der Waals surface area contributed by atoms with E-state index in [-0.39, 0.29) is 11.8 Å². The fourth-order valence-electron chi connectivity index (χ4n) is 3.92. The summed E-state index contributed by atoms with van der Waals surface area (Å²) in [5.74, 6) is 0.351. The van der Waals surface area contributed by atoms with Gasteiger partial charge in [0.2, 0.25) is 15.9 Å². The zero-order valence-electron chi connectivity index (χ0n) is 17.7. The van der Waals surface area contributed by atoms with E-state index >= 15 is 0 Å². The number of sulfonamides is 1. The molecular formula is C23H26N4O3S. The van der Waals surface area contributed by atoms with E-state index in [0.29, 0.717) is 42.3 Å². The predicted molar refractivity (Wildman–Crippen MR) is 123 cm³/mol. The average Bonchev–Trinajstić information content (AvgIpc) is 2.79. The molecule has 4 rings (SSSR count). The maximum Gasteiger partial charge on any atom is 0.243 e. The first-order valence-corrected chi connectivity index (χ1v) is 11.7. The third-order valence-corrected chi connectivity index (χ3v) is 7.55. The van der Waals surface area contributed by atoms with Gasteiger partial charge >= 0.3 is 0 Å². The number of aromatic nitrogens is 1. The first-order chi connectivity index (χ1) is 14.9.